The minimum Gasteiger partial charge on any atom is -0.494 e. The van der Waals surface area contributed by atoms with Crippen molar-refractivity contribution < 1.29 is 14.6 Å². The highest BCUT2D eigenvalue weighted by atomic mass is 16.5. The Kier molecular flexibility index (Phi) is 5.42. The van der Waals surface area contributed by atoms with Crippen molar-refractivity contribution in [2.24, 2.45) is 0 Å². The molecule has 0 spiro atoms. The van der Waals surface area contributed by atoms with Gasteiger partial charge in [-0.25, -0.2) is 4.79 Å². The minimum atomic E-state index is -0.915. The van der Waals surface area contributed by atoms with Gasteiger partial charge in [-0.1, -0.05) is 29.3 Å². The smallest absolute Gasteiger partial charge is 0.337 e. The fourth-order valence-corrected chi connectivity index (χ4v) is 2.11. The molecule has 0 bridgehead atoms. The maximum absolute atomic E-state index is 11.2. The fourth-order valence-electron chi connectivity index (χ4n) is 2.11. The Balaban J connectivity index is 1.79. The number of benzene rings is 2. The molecule has 0 aliphatic heterocycles. The summed E-state index contributed by atoms with van der Waals surface area (Å²) in [6.45, 7) is 5.17. The Morgan fingerprint density at radius 1 is 1.09 bits per heavy atom. The zero-order valence-electron chi connectivity index (χ0n) is 12.9. The van der Waals surface area contributed by atoms with E-state index in [4.69, 9.17) is 4.74 Å². The third-order valence-corrected chi connectivity index (χ3v) is 3.33. The number of rotatable bonds is 7. The van der Waals surface area contributed by atoms with Gasteiger partial charge in [0, 0.05) is 12.2 Å². The molecule has 0 heterocycles. The molecule has 0 aliphatic carbocycles. The highest BCUT2D eigenvalue weighted by Gasteiger charge is 2.09. The summed E-state index contributed by atoms with van der Waals surface area (Å²) < 4.78 is 5.64. The molecule has 0 aliphatic rings. The van der Waals surface area contributed by atoms with Crippen LogP contribution >= 0.6 is 0 Å². The molecule has 0 unspecified atom stereocenters. The molecule has 0 amide bonds. The first-order valence-corrected chi connectivity index (χ1v) is 7.33. The average molecular weight is 299 g/mol. The van der Waals surface area contributed by atoms with Gasteiger partial charge in [0.15, 0.2) is 0 Å². The van der Waals surface area contributed by atoms with E-state index in [0.29, 0.717) is 24.4 Å². The minimum absolute atomic E-state index is 0.305. The van der Waals surface area contributed by atoms with Crippen molar-refractivity contribution in [2.75, 3.05) is 18.5 Å². The second kappa shape index (κ2) is 7.50. The second-order valence-corrected chi connectivity index (χ2v) is 5.30. The molecule has 116 valence electrons. The van der Waals surface area contributed by atoms with Gasteiger partial charge in [-0.3, -0.25) is 0 Å². The molecule has 2 aromatic carbocycles. The third kappa shape index (κ3) is 4.52. The number of hydrogen-bond acceptors (Lipinski definition) is 3. The standard InChI is InChI=1S/C18H21NO3/c1-13-4-7-15(8-5-13)22-11-3-10-19-17-9-6-14(2)12-16(17)18(20)21/h4-9,12,19H,3,10-11H2,1-2H3,(H,20,21). The molecule has 4 nitrogen and oxygen atoms in total. The summed E-state index contributed by atoms with van der Waals surface area (Å²) in [4.78, 5) is 11.2. The number of anilines is 1. The highest BCUT2D eigenvalue weighted by molar-refractivity contribution is 5.94. The molecule has 0 aromatic heterocycles. The summed E-state index contributed by atoms with van der Waals surface area (Å²) >= 11 is 0. The van der Waals surface area contributed by atoms with Crippen molar-refractivity contribution >= 4 is 11.7 Å². The summed E-state index contributed by atoms with van der Waals surface area (Å²) in [5, 5.41) is 12.4. The van der Waals surface area contributed by atoms with Crippen LogP contribution < -0.4 is 10.1 Å². The lowest BCUT2D eigenvalue weighted by molar-refractivity contribution is 0.0698. The van der Waals surface area contributed by atoms with E-state index < -0.39 is 5.97 Å². The van der Waals surface area contributed by atoms with E-state index in [-0.39, 0.29) is 0 Å². The Morgan fingerprint density at radius 3 is 2.45 bits per heavy atom. The van der Waals surface area contributed by atoms with Gasteiger partial charge >= 0.3 is 5.97 Å². The number of nitrogens with one attached hydrogen (secondary N) is 1. The third-order valence-electron chi connectivity index (χ3n) is 3.33. The van der Waals surface area contributed by atoms with Crippen molar-refractivity contribution in [2.45, 2.75) is 20.3 Å². The Hall–Kier alpha value is -2.49. The van der Waals surface area contributed by atoms with Gasteiger partial charge in [0.05, 0.1) is 12.2 Å². The monoisotopic (exact) mass is 299 g/mol. The van der Waals surface area contributed by atoms with Gasteiger partial charge in [0.25, 0.3) is 0 Å². The van der Waals surface area contributed by atoms with E-state index in [0.717, 1.165) is 17.7 Å². The van der Waals surface area contributed by atoms with E-state index in [2.05, 4.69) is 5.32 Å². The number of carboxylic acids is 1. The molecule has 0 radical (unpaired) electrons. The number of ether oxygens (including phenoxy) is 1. The van der Waals surface area contributed by atoms with Crippen LogP contribution in [0.5, 0.6) is 5.75 Å². The number of aryl methyl sites for hydroxylation is 2. The molecule has 0 atom stereocenters. The Bertz CT molecular complexity index is 635. The molecule has 2 rings (SSSR count). The lowest BCUT2D eigenvalue weighted by Crippen LogP contribution is -2.10. The van der Waals surface area contributed by atoms with Crippen LogP contribution in [0.2, 0.25) is 0 Å². The van der Waals surface area contributed by atoms with Crippen molar-refractivity contribution in [3.63, 3.8) is 0 Å². The van der Waals surface area contributed by atoms with Crippen LogP contribution in [0.25, 0.3) is 0 Å². The predicted molar refractivity (Wildman–Crippen MR) is 87.9 cm³/mol. The molecule has 0 saturated carbocycles. The molecule has 22 heavy (non-hydrogen) atoms. The fraction of sp³-hybridized carbons (Fsp3) is 0.278. The van der Waals surface area contributed by atoms with E-state index in [1.165, 1.54) is 5.56 Å². The van der Waals surface area contributed by atoms with Crippen LogP contribution in [0.1, 0.15) is 27.9 Å². The number of hydrogen-bond donors (Lipinski definition) is 2. The zero-order valence-corrected chi connectivity index (χ0v) is 12.9. The summed E-state index contributed by atoms with van der Waals surface area (Å²) in [6.07, 6.45) is 0.792. The van der Waals surface area contributed by atoms with Crippen LogP contribution in [0.15, 0.2) is 42.5 Å². The Morgan fingerprint density at radius 2 is 1.77 bits per heavy atom. The van der Waals surface area contributed by atoms with Gasteiger partial charge in [-0.2, -0.15) is 0 Å². The Labute approximate surface area is 130 Å². The number of carboxylic acid groups (broad SMARTS) is 1. The molecule has 2 aromatic rings. The van der Waals surface area contributed by atoms with Crippen LogP contribution in [-0.4, -0.2) is 24.2 Å². The van der Waals surface area contributed by atoms with Gasteiger partial charge < -0.3 is 15.2 Å². The number of aromatic carboxylic acids is 1. The first-order valence-electron chi connectivity index (χ1n) is 7.33. The lowest BCUT2D eigenvalue weighted by atomic mass is 10.1. The van der Waals surface area contributed by atoms with E-state index >= 15 is 0 Å². The van der Waals surface area contributed by atoms with Gasteiger partial charge in [0.2, 0.25) is 0 Å². The maximum atomic E-state index is 11.2. The second-order valence-electron chi connectivity index (χ2n) is 5.30. The molecule has 4 heteroatoms. The van der Waals surface area contributed by atoms with Crippen molar-refractivity contribution in [1.82, 2.24) is 0 Å². The first-order chi connectivity index (χ1) is 10.6. The van der Waals surface area contributed by atoms with Crippen LogP contribution in [0, 0.1) is 13.8 Å². The van der Waals surface area contributed by atoms with E-state index in [1.807, 2.05) is 44.2 Å². The van der Waals surface area contributed by atoms with Gasteiger partial charge in [-0.15, -0.1) is 0 Å². The van der Waals surface area contributed by atoms with Crippen molar-refractivity contribution in [3.05, 3.63) is 59.2 Å². The van der Waals surface area contributed by atoms with Crippen LogP contribution in [0.4, 0.5) is 5.69 Å². The van der Waals surface area contributed by atoms with Gasteiger partial charge in [-0.05, 0) is 44.5 Å². The summed E-state index contributed by atoms with van der Waals surface area (Å²) in [5.41, 5.74) is 3.09. The SMILES string of the molecule is Cc1ccc(OCCCNc2ccc(C)cc2C(=O)O)cc1. The van der Waals surface area contributed by atoms with Crippen LogP contribution in [0.3, 0.4) is 0 Å². The number of carbonyl (C=O) groups is 1. The topological polar surface area (TPSA) is 58.6 Å². The summed E-state index contributed by atoms with van der Waals surface area (Å²) in [5.74, 6) is -0.0609. The summed E-state index contributed by atoms with van der Waals surface area (Å²) in [6, 6.07) is 13.3. The van der Waals surface area contributed by atoms with Crippen LogP contribution in [-0.2, 0) is 0 Å². The van der Waals surface area contributed by atoms with E-state index in [1.54, 1.807) is 12.1 Å². The molecular formula is C18H21NO3. The maximum Gasteiger partial charge on any atom is 0.337 e. The largest absolute Gasteiger partial charge is 0.494 e. The quantitative estimate of drug-likeness (QED) is 0.762. The molecule has 2 N–H and O–H groups in total. The molecule has 0 fully saturated rings. The lowest BCUT2D eigenvalue weighted by Gasteiger charge is -2.11. The summed E-state index contributed by atoms with van der Waals surface area (Å²) in [7, 11) is 0. The molecule has 0 saturated heterocycles. The first kappa shape index (κ1) is 15.9. The molecular weight excluding hydrogens is 278 g/mol. The van der Waals surface area contributed by atoms with E-state index in [9.17, 15) is 9.90 Å². The predicted octanol–water partition coefficient (Wildman–Crippen LogP) is 3.88. The average Bonchev–Trinajstić information content (AvgIpc) is 2.50. The zero-order chi connectivity index (χ0) is 15.9. The van der Waals surface area contributed by atoms with Crippen molar-refractivity contribution in [1.29, 1.82) is 0 Å². The normalized spacial score (nSPS) is 10.3. The van der Waals surface area contributed by atoms with Crippen molar-refractivity contribution in [3.8, 4) is 5.75 Å². The highest BCUT2D eigenvalue weighted by Crippen LogP contribution is 2.17. The van der Waals surface area contributed by atoms with Gasteiger partial charge in [0.1, 0.15) is 5.75 Å².